The van der Waals surface area contributed by atoms with Crippen molar-refractivity contribution in [1.82, 2.24) is 20.9 Å². The lowest BCUT2D eigenvalue weighted by Gasteiger charge is -2.41. The normalized spacial score (nSPS) is 18.1. The van der Waals surface area contributed by atoms with E-state index in [1.807, 2.05) is 6.92 Å². The highest BCUT2D eigenvalue weighted by molar-refractivity contribution is 5.81. The number of nitrogens with zero attached hydrogens (tertiary/aromatic N) is 2. The molecule has 0 spiro atoms. The number of morpholine rings is 1. The molecule has 0 radical (unpaired) electrons. The van der Waals surface area contributed by atoms with E-state index in [2.05, 4.69) is 46.6 Å². The molecule has 1 amide bonds. The first-order chi connectivity index (χ1) is 11.4. The number of hydrogen-bond donors (Lipinski definition) is 3. The van der Waals surface area contributed by atoms with Crippen LogP contribution in [0.15, 0.2) is 4.99 Å². The van der Waals surface area contributed by atoms with Crippen LogP contribution >= 0.6 is 0 Å². The zero-order valence-electron chi connectivity index (χ0n) is 15.9. The Hall–Kier alpha value is -1.34. The summed E-state index contributed by atoms with van der Waals surface area (Å²) in [5.41, 5.74) is 0.0231. The van der Waals surface area contributed by atoms with Gasteiger partial charge in [-0.15, -0.1) is 0 Å². The summed E-state index contributed by atoms with van der Waals surface area (Å²) in [6.45, 7) is 13.4. The van der Waals surface area contributed by atoms with Crippen molar-refractivity contribution in [2.45, 2.75) is 52.1 Å². The Balaban J connectivity index is 2.30. The van der Waals surface area contributed by atoms with E-state index in [0.29, 0.717) is 13.0 Å². The fourth-order valence-electron chi connectivity index (χ4n) is 2.54. The van der Waals surface area contributed by atoms with Gasteiger partial charge < -0.3 is 20.7 Å². The number of amides is 1. The lowest BCUT2D eigenvalue weighted by atomic mass is 10.0. The maximum absolute atomic E-state index is 11.8. The molecule has 0 aromatic rings. The van der Waals surface area contributed by atoms with Gasteiger partial charge >= 0.3 is 0 Å². The molecule has 0 aromatic carbocycles. The second kappa shape index (κ2) is 10.5. The molecule has 7 nitrogen and oxygen atoms in total. The van der Waals surface area contributed by atoms with Crippen LogP contribution in [-0.2, 0) is 9.53 Å². The molecule has 24 heavy (non-hydrogen) atoms. The number of rotatable bonds is 8. The number of aliphatic imine (C=N–C) groups is 1. The van der Waals surface area contributed by atoms with Gasteiger partial charge in [0, 0.05) is 51.2 Å². The van der Waals surface area contributed by atoms with Gasteiger partial charge in [-0.05, 0) is 27.2 Å². The third-order valence-corrected chi connectivity index (χ3v) is 4.44. The van der Waals surface area contributed by atoms with Crippen molar-refractivity contribution in [2.75, 3.05) is 46.4 Å². The third kappa shape index (κ3) is 7.49. The average molecular weight is 342 g/mol. The van der Waals surface area contributed by atoms with Crippen molar-refractivity contribution in [3.8, 4) is 0 Å². The van der Waals surface area contributed by atoms with Gasteiger partial charge in [0.25, 0.3) is 0 Å². The fraction of sp³-hybridized carbons (Fsp3) is 0.882. The monoisotopic (exact) mass is 341 g/mol. The number of carbonyl (C=O) groups excluding carboxylic acids is 1. The molecule has 7 heteroatoms. The Labute approximate surface area is 146 Å². The molecule has 1 fully saturated rings. The van der Waals surface area contributed by atoms with Crippen LogP contribution in [0.2, 0.25) is 0 Å². The Morgan fingerprint density at radius 3 is 2.54 bits per heavy atom. The highest BCUT2D eigenvalue weighted by Gasteiger charge is 2.28. The Kier molecular flexibility index (Phi) is 9.07. The van der Waals surface area contributed by atoms with Gasteiger partial charge in [-0.25, -0.2) is 0 Å². The number of guanidine groups is 1. The summed E-state index contributed by atoms with van der Waals surface area (Å²) in [5.74, 6) is 0.800. The van der Waals surface area contributed by atoms with E-state index in [1.54, 1.807) is 7.05 Å². The maximum Gasteiger partial charge on any atom is 0.221 e. The molecule has 0 bridgehead atoms. The number of ether oxygens (including phenoxy) is 1. The largest absolute Gasteiger partial charge is 0.379 e. The van der Waals surface area contributed by atoms with Crippen LogP contribution in [0.25, 0.3) is 0 Å². The minimum atomic E-state index is 0.0231. The van der Waals surface area contributed by atoms with Crippen LogP contribution in [0.1, 0.15) is 40.5 Å². The summed E-state index contributed by atoms with van der Waals surface area (Å²) < 4.78 is 5.42. The van der Waals surface area contributed by atoms with Crippen molar-refractivity contribution >= 4 is 11.9 Å². The molecule has 1 unspecified atom stereocenters. The Bertz CT molecular complexity index is 406. The van der Waals surface area contributed by atoms with Crippen molar-refractivity contribution < 1.29 is 9.53 Å². The minimum absolute atomic E-state index is 0.0231. The molecule has 1 atom stereocenters. The summed E-state index contributed by atoms with van der Waals surface area (Å²) >= 11 is 0. The van der Waals surface area contributed by atoms with Gasteiger partial charge in [-0.2, -0.15) is 0 Å². The predicted molar refractivity (Wildman–Crippen MR) is 98.3 cm³/mol. The molecule has 140 valence electrons. The first-order valence-electron chi connectivity index (χ1n) is 8.95. The van der Waals surface area contributed by atoms with Crippen LogP contribution in [0, 0.1) is 0 Å². The summed E-state index contributed by atoms with van der Waals surface area (Å²) in [7, 11) is 1.75. The van der Waals surface area contributed by atoms with Gasteiger partial charge in [0.05, 0.1) is 13.2 Å². The molecule has 1 aliphatic heterocycles. The molecule has 0 aromatic heterocycles. The molecule has 1 rings (SSSR count). The van der Waals surface area contributed by atoms with Crippen LogP contribution in [-0.4, -0.2) is 74.8 Å². The molecule has 1 saturated heterocycles. The van der Waals surface area contributed by atoms with Crippen LogP contribution in [0.4, 0.5) is 0 Å². The van der Waals surface area contributed by atoms with E-state index in [9.17, 15) is 4.79 Å². The first-order valence-corrected chi connectivity index (χ1v) is 8.95. The van der Waals surface area contributed by atoms with Crippen LogP contribution < -0.4 is 16.0 Å². The maximum atomic E-state index is 11.8. The smallest absolute Gasteiger partial charge is 0.221 e. The molecule has 1 aliphatic rings. The summed E-state index contributed by atoms with van der Waals surface area (Å²) in [5, 5.41) is 9.52. The molecule has 3 N–H and O–H groups in total. The SMILES string of the molecule is CCC(C)NC(=O)CCNC(=NC)NCC(C)(C)N1CCOCC1. The van der Waals surface area contributed by atoms with Gasteiger partial charge in [-0.1, -0.05) is 6.92 Å². The molecule has 0 aliphatic carbocycles. The van der Waals surface area contributed by atoms with Gasteiger partial charge in [0.2, 0.25) is 5.91 Å². The Morgan fingerprint density at radius 2 is 1.96 bits per heavy atom. The van der Waals surface area contributed by atoms with E-state index in [1.165, 1.54) is 0 Å². The quantitative estimate of drug-likeness (QED) is 0.444. The zero-order chi connectivity index (χ0) is 18.0. The molecular formula is C17H35N5O2. The van der Waals surface area contributed by atoms with Gasteiger partial charge in [0.15, 0.2) is 5.96 Å². The predicted octanol–water partition coefficient (Wildman–Crippen LogP) is 0.567. The van der Waals surface area contributed by atoms with E-state index < -0.39 is 0 Å². The molecule has 0 saturated carbocycles. The van der Waals surface area contributed by atoms with E-state index in [4.69, 9.17) is 4.74 Å². The second-order valence-electron chi connectivity index (χ2n) is 6.89. The molecular weight excluding hydrogens is 306 g/mol. The van der Waals surface area contributed by atoms with E-state index in [0.717, 1.165) is 45.2 Å². The number of hydrogen-bond acceptors (Lipinski definition) is 4. The van der Waals surface area contributed by atoms with Crippen LogP contribution in [0.5, 0.6) is 0 Å². The lowest BCUT2D eigenvalue weighted by Crippen LogP contribution is -2.56. The molecule has 1 heterocycles. The fourth-order valence-corrected chi connectivity index (χ4v) is 2.54. The van der Waals surface area contributed by atoms with Crippen molar-refractivity contribution in [2.24, 2.45) is 4.99 Å². The zero-order valence-corrected chi connectivity index (χ0v) is 15.9. The van der Waals surface area contributed by atoms with E-state index in [-0.39, 0.29) is 17.5 Å². The average Bonchev–Trinajstić information content (AvgIpc) is 2.58. The van der Waals surface area contributed by atoms with Crippen molar-refractivity contribution in [1.29, 1.82) is 0 Å². The highest BCUT2D eigenvalue weighted by Crippen LogP contribution is 2.14. The standard InChI is InChI=1S/C17H35N5O2/c1-6-14(2)21-15(23)7-8-19-16(18-5)20-13-17(3,4)22-9-11-24-12-10-22/h14H,6-13H2,1-5H3,(H,21,23)(H2,18,19,20). The minimum Gasteiger partial charge on any atom is -0.379 e. The topological polar surface area (TPSA) is 78.0 Å². The van der Waals surface area contributed by atoms with E-state index >= 15 is 0 Å². The summed E-state index contributed by atoms with van der Waals surface area (Å²) in [6.07, 6.45) is 1.39. The second-order valence-corrected chi connectivity index (χ2v) is 6.89. The Morgan fingerprint density at radius 1 is 1.29 bits per heavy atom. The lowest BCUT2D eigenvalue weighted by molar-refractivity contribution is -0.121. The van der Waals surface area contributed by atoms with Crippen molar-refractivity contribution in [3.05, 3.63) is 0 Å². The van der Waals surface area contributed by atoms with Crippen LogP contribution in [0.3, 0.4) is 0 Å². The third-order valence-electron chi connectivity index (χ3n) is 4.44. The highest BCUT2D eigenvalue weighted by atomic mass is 16.5. The number of carbonyl (C=O) groups is 1. The van der Waals surface area contributed by atoms with Gasteiger partial charge in [0.1, 0.15) is 0 Å². The summed E-state index contributed by atoms with van der Waals surface area (Å²) in [4.78, 5) is 18.4. The first kappa shape index (κ1) is 20.7. The summed E-state index contributed by atoms with van der Waals surface area (Å²) in [6, 6.07) is 0.226. The van der Waals surface area contributed by atoms with Gasteiger partial charge in [-0.3, -0.25) is 14.7 Å². The number of nitrogens with one attached hydrogen (secondary N) is 3. The van der Waals surface area contributed by atoms with Crippen molar-refractivity contribution in [3.63, 3.8) is 0 Å².